The van der Waals surface area contributed by atoms with Crippen LogP contribution in [0.25, 0.3) is 21.9 Å². The molecule has 106 valence electrons. The highest BCUT2D eigenvalue weighted by Crippen LogP contribution is 2.29. The smallest absolute Gasteiger partial charge is 0.258 e. The maximum Gasteiger partial charge on any atom is 0.258 e. The molecule has 0 atom stereocenters. The first-order valence-electron chi connectivity index (χ1n) is 6.53. The molecular formula is C17H14FNO2. The Morgan fingerprint density at radius 1 is 1.05 bits per heavy atom. The lowest BCUT2D eigenvalue weighted by Gasteiger charge is -2.11. The molecule has 0 amide bonds. The highest BCUT2D eigenvalue weighted by Gasteiger charge is 2.10. The Kier molecular flexibility index (Phi) is 3.22. The Morgan fingerprint density at radius 3 is 2.43 bits per heavy atom. The van der Waals surface area contributed by atoms with E-state index in [2.05, 4.69) is 0 Å². The predicted octanol–water partition coefficient (Wildman–Crippen LogP) is 3.35. The zero-order valence-corrected chi connectivity index (χ0v) is 11.8. The van der Waals surface area contributed by atoms with Gasteiger partial charge in [0.2, 0.25) is 0 Å². The molecule has 0 aliphatic rings. The molecule has 3 rings (SSSR count). The fourth-order valence-electron chi connectivity index (χ4n) is 2.43. The predicted molar refractivity (Wildman–Crippen MR) is 81.1 cm³/mol. The minimum Gasteiger partial charge on any atom is -0.497 e. The molecule has 21 heavy (non-hydrogen) atoms. The minimum absolute atomic E-state index is 0.0708. The van der Waals surface area contributed by atoms with E-state index in [4.69, 9.17) is 4.74 Å². The van der Waals surface area contributed by atoms with E-state index in [0.717, 1.165) is 16.5 Å². The maximum atomic E-state index is 13.1. The van der Waals surface area contributed by atoms with Crippen LogP contribution in [-0.4, -0.2) is 11.7 Å². The number of aromatic nitrogens is 1. The number of hydrogen-bond acceptors (Lipinski definition) is 2. The molecule has 0 N–H and O–H groups in total. The van der Waals surface area contributed by atoms with Crippen molar-refractivity contribution < 1.29 is 9.13 Å². The van der Waals surface area contributed by atoms with Crippen molar-refractivity contribution in [1.29, 1.82) is 0 Å². The number of hydrogen-bond donors (Lipinski definition) is 0. The summed E-state index contributed by atoms with van der Waals surface area (Å²) in [5.74, 6) is 0.393. The lowest BCUT2D eigenvalue weighted by Crippen LogP contribution is -2.16. The van der Waals surface area contributed by atoms with Crippen LogP contribution in [0.3, 0.4) is 0 Å². The second-order valence-corrected chi connectivity index (χ2v) is 4.88. The lowest BCUT2D eigenvalue weighted by atomic mass is 10.0. The first-order chi connectivity index (χ1) is 10.1. The summed E-state index contributed by atoms with van der Waals surface area (Å²) in [6.07, 6.45) is 1.76. The van der Waals surface area contributed by atoms with Crippen LogP contribution < -0.4 is 10.3 Å². The zero-order chi connectivity index (χ0) is 15.0. The van der Waals surface area contributed by atoms with Crippen molar-refractivity contribution in [3.8, 4) is 16.9 Å². The fourth-order valence-corrected chi connectivity index (χ4v) is 2.43. The van der Waals surface area contributed by atoms with E-state index >= 15 is 0 Å². The van der Waals surface area contributed by atoms with Crippen LogP contribution >= 0.6 is 0 Å². The summed E-state index contributed by atoms with van der Waals surface area (Å²) in [5.41, 5.74) is 1.65. The van der Waals surface area contributed by atoms with Crippen molar-refractivity contribution in [2.24, 2.45) is 7.05 Å². The molecule has 0 spiro atoms. The molecule has 0 bridgehead atoms. The number of fused-ring (bicyclic) bond motifs is 1. The van der Waals surface area contributed by atoms with E-state index in [1.54, 1.807) is 44.6 Å². The molecule has 3 nitrogen and oxygen atoms in total. The average molecular weight is 283 g/mol. The number of rotatable bonds is 2. The Morgan fingerprint density at radius 2 is 1.76 bits per heavy atom. The van der Waals surface area contributed by atoms with E-state index in [1.165, 1.54) is 16.7 Å². The normalized spacial score (nSPS) is 10.8. The molecule has 0 saturated heterocycles. The number of halogens is 1. The molecule has 0 fully saturated rings. The minimum atomic E-state index is -0.287. The second kappa shape index (κ2) is 5.05. The first kappa shape index (κ1) is 13.4. The van der Waals surface area contributed by atoms with Gasteiger partial charge in [0.25, 0.3) is 5.56 Å². The van der Waals surface area contributed by atoms with Gasteiger partial charge in [0.1, 0.15) is 11.6 Å². The van der Waals surface area contributed by atoms with Crippen LogP contribution in [0.1, 0.15) is 0 Å². The quantitative estimate of drug-likeness (QED) is 0.722. The molecule has 0 aliphatic carbocycles. The van der Waals surface area contributed by atoms with Crippen molar-refractivity contribution in [3.05, 3.63) is 64.8 Å². The third-order valence-corrected chi connectivity index (χ3v) is 3.55. The molecule has 0 unspecified atom stereocenters. The number of ether oxygens (including phenoxy) is 1. The van der Waals surface area contributed by atoms with Crippen molar-refractivity contribution in [2.45, 2.75) is 0 Å². The van der Waals surface area contributed by atoms with Gasteiger partial charge in [-0.3, -0.25) is 4.79 Å². The average Bonchev–Trinajstić information content (AvgIpc) is 2.51. The molecule has 2 aromatic carbocycles. The van der Waals surface area contributed by atoms with E-state index < -0.39 is 0 Å². The molecule has 0 radical (unpaired) electrons. The molecular weight excluding hydrogens is 269 g/mol. The van der Waals surface area contributed by atoms with Gasteiger partial charge in [0.05, 0.1) is 7.11 Å². The number of aryl methyl sites for hydroxylation is 1. The van der Waals surface area contributed by atoms with E-state index in [-0.39, 0.29) is 11.4 Å². The van der Waals surface area contributed by atoms with Crippen molar-refractivity contribution in [2.75, 3.05) is 7.11 Å². The van der Waals surface area contributed by atoms with Crippen LogP contribution in [0.2, 0.25) is 0 Å². The summed E-state index contributed by atoms with van der Waals surface area (Å²) in [4.78, 5) is 12.2. The van der Waals surface area contributed by atoms with Gasteiger partial charge < -0.3 is 9.30 Å². The Bertz CT molecular complexity index is 866. The Labute approximate surface area is 121 Å². The first-order valence-corrected chi connectivity index (χ1v) is 6.53. The van der Waals surface area contributed by atoms with Crippen molar-refractivity contribution >= 4 is 10.8 Å². The number of pyridine rings is 1. The molecule has 0 saturated carbocycles. The van der Waals surface area contributed by atoms with Crippen LogP contribution in [-0.2, 0) is 7.05 Å². The van der Waals surface area contributed by atoms with E-state index in [0.29, 0.717) is 11.1 Å². The van der Waals surface area contributed by atoms with Crippen molar-refractivity contribution in [3.63, 3.8) is 0 Å². The third-order valence-electron chi connectivity index (χ3n) is 3.55. The Balaban J connectivity index is 2.37. The SMILES string of the molecule is COc1ccc2c(=O)n(C)cc(-c3ccc(F)cc3)c2c1. The monoisotopic (exact) mass is 283 g/mol. The fraction of sp³-hybridized carbons (Fsp3) is 0.118. The summed E-state index contributed by atoms with van der Waals surface area (Å²) < 4.78 is 19.9. The van der Waals surface area contributed by atoms with E-state index in [1.807, 2.05) is 6.07 Å². The largest absolute Gasteiger partial charge is 0.497 e. The van der Waals surface area contributed by atoms with Gasteiger partial charge in [-0.1, -0.05) is 12.1 Å². The molecule has 1 aromatic heterocycles. The van der Waals surface area contributed by atoms with Crippen LogP contribution in [0.4, 0.5) is 4.39 Å². The summed E-state index contributed by atoms with van der Waals surface area (Å²) in [6, 6.07) is 11.6. The van der Waals surface area contributed by atoms with Gasteiger partial charge in [-0.05, 0) is 35.9 Å². The third kappa shape index (κ3) is 2.29. The van der Waals surface area contributed by atoms with Crippen LogP contribution in [0.5, 0.6) is 5.75 Å². The van der Waals surface area contributed by atoms with Gasteiger partial charge >= 0.3 is 0 Å². The number of nitrogens with zero attached hydrogens (tertiary/aromatic N) is 1. The topological polar surface area (TPSA) is 31.2 Å². The summed E-state index contributed by atoms with van der Waals surface area (Å²) in [7, 11) is 3.29. The van der Waals surface area contributed by atoms with Gasteiger partial charge in [0.15, 0.2) is 0 Å². The summed E-state index contributed by atoms with van der Waals surface area (Å²) in [6.45, 7) is 0. The van der Waals surface area contributed by atoms with E-state index in [9.17, 15) is 9.18 Å². The number of methoxy groups -OCH3 is 1. The van der Waals surface area contributed by atoms with Gasteiger partial charge in [-0.15, -0.1) is 0 Å². The van der Waals surface area contributed by atoms with Crippen LogP contribution in [0.15, 0.2) is 53.5 Å². The molecule has 3 aromatic rings. The highest BCUT2D eigenvalue weighted by atomic mass is 19.1. The molecule has 1 heterocycles. The Hall–Kier alpha value is -2.62. The zero-order valence-electron chi connectivity index (χ0n) is 11.8. The molecule has 0 aliphatic heterocycles. The van der Waals surface area contributed by atoms with Crippen LogP contribution in [0, 0.1) is 5.82 Å². The van der Waals surface area contributed by atoms with Gasteiger partial charge in [-0.2, -0.15) is 0 Å². The van der Waals surface area contributed by atoms with Gasteiger partial charge in [0, 0.05) is 29.6 Å². The standard InChI is InChI=1S/C17H14FNO2/c1-19-10-16(11-3-5-12(18)6-4-11)15-9-13(21-2)7-8-14(15)17(19)20/h3-10H,1-2H3. The summed E-state index contributed by atoms with van der Waals surface area (Å²) in [5, 5.41) is 1.41. The lowest BCUT2D eigenvalue weighted by molar-refractivity contribution is 0.415. The number of benzene rings is 2. The molecule has 4 heteroatoms. The second-order valence-electron chi connectivity index (χ2n) is 4.88. The summed E-state index contributed by atoms with van der Waals surface area (Å²) >= 11 is 0. The maximum absolute atomic E-state index is 13.1. The van der Waals surface area contributed by atoms with Gasteiger partial charge in [-0.25, -0.2) is 4.39 Å². The van der Waals surface area contributed by atoms with Crippen molar-refractivity contribution in [1.82, 2.24) is 4.57 Å². The highest BCUT2D eigenvalue weighted by molar-refractivity contribution is 5.96.